The molecule has 1 aliphatic rings. The third-order valence-corrected chi connectivity index (χ3v) is 4.08. The maximum Gasteiger partial charge on any atom is 0.123 e. The van der Waals surface area contributed by atoms with E-state index in [0.717, 1.165) is 19.6 Å². The SMILES string of the molecule is CC(C)(C)C(NCC1CCCNC1)c1ccc(F)cc1. The van der Waals surface area contributed by atoms with Crippen LogP contribution < -0.4 is 10.6 Å². The van der Waals surface area contributed by atoms with Crippen molar-refractivity contribution in [3.63, 3.8) is 0 Å². The quantitative estimate of drug-likeness (QED) is 0.881. The number of nitrogens with one attached hydrogen (secondary N) is 2. The molecule has 112 valence electrons. The van der Waals surface area contributed by atoms with Crippen LogP contribution >= 0.6 is 0 Å². The van der Waals surface area contributed by atoms with Crippen LogP contribution in [0.25, 0.3) is 0 Å². The average Bonchev–Trinajstić information content (AvgIpc) is 2.41. The molecule has 1 saturated heterocycles. The standard InChI is InChI=1S/C17H27FN2/c1-17(2,3)16(14-6-8-15(18)9-7-14)20-12-13-5-4-10-19-11-13/h6-9,13,16,19-20H,4-5,10-12H2,1-3H3. The maximum absolute atomic E-state index is 13.1. The molecule has 1 aromatic carbocycles. The van der Waals surface area contributed by atoms with Crippen molar-refractivity contribution in [2.45, 2.75) is 39.7 Å². The van der Waals surface area contributed by atoms with Crippen LogP contribution in [-0.2, 0) is 0 Å². The highest BCUT2D eigenvalue weighted by Crippen LogP contribution is 2.33. The molecule has 0 bridgehead atoms. The molecule has 2 atom stereocenters. The lowest BCUT2D eigenvalue weighted by Crippen LogP contribution is -2.40. The number of hydrogen-bond acceptors (Lipinski definition) is 2. The Labute approximate surface area is 122 Å². The smallest absolute Gasteiger partial charge is 0.123 e. The molecule has 0 aromatic heterocycles. The van der Waals surface area contributed by atoms with E-state index < -0.39 is 0 Å². The minimum absolute atomic E-state index is 0.111. The summed E-state index contributed by atoms with van der Waals surface area (Å²) in [7, 11) is 0. The first kappa shape index (κ1) is 15.5. The molecule has 2 rings (SSSR count). The number of rotatable bonds is 4. The Bertz CT molecular complexity index is 402. The molecule has 0 radical (unpaired) electrons. The van der Waals surface area contributed by atoms with E-state index in [1.807, 2.05) is 12.1 Å². The van der Waals surface area contributed by atoms with Crippen LogP contribution in [0.4, 0.5) is 4.39 Å². The molecule has 0 aliphatic carbocycles. The van der Waals surface area contributed by atoms with Crippen LogP contribution in [0.3, 0.4) is 0 Å². The van der Waals surface area contributed by atoms with Gasteiger partial charge in [0.05, 0.1) is 0 Å². The van der Waals surface area contributed by atoms with E-state index in [-0.39, 0.29) is 17.3 Å². The van der Waals surface area contributed by atoms with Gasteiger partial charge in [-0.15, -0.1) is 0 Å². The van der Waals surface area contributed by atoms with Gasteiger partial charge in [0.1, 0.15) is 5.82 Å². The lowest BCUT2D eigenvalue weighted by molar-refractivity contribution is 0.247. The molecule has 2 nitrogen and oxygen atoms in total. The molecule has 20 heavy (non-hydrogen) atoms. The van der Waals surface area contributed by atoms with Crippen LogP contribution in [0, 0.1) is 17.2 Å². The second kappa shape index (κ2) is 6.68. The minimum atomic E-state index is -0.169. The highest BCUT2D eigenvalue weighted by molar-refractivity contribution is 5.21. The number of hydrogen-bond donors (Lipinski definition) is 2. The van der Waals surface area contributed by atoms with E-state index in [0.29, 0.717) is 5.92 Å². The van der Waals surface area contributed by atoms with E-state index in [4.69, 9.17) is 0 Å². The van der Waals surface area contributed by atoms with Crippen molar-refractivity contribution in [1.29, 1.82) is 0 Å². The molecular weight excluding hydrogens is 251 g/mol. The highest BCUT2D eigenvalue weighted by Gasteiger charge is 2.27. The van der Waals surface area contributed by atoms with Crippen LogP contribution in [0.2, 0.25) is 0 Å². The number of benzene rings is 1. The summed E-state index contributed by atoms with van der Waals surface area (Å²) in [5.41, 5.74) is 1.28. The zero-order chi connectivity index (χ0) is 14.6. The molecule has 0 amide bonds. The Morgan fingerprint density at radius 3 is 2.55 bits per heavy atom. The van der Waals surface area contributed by atoms with E-state index in [1.165, 1.54) is 18.4 Å². The predicted molar refractivity (Wildman–Crippen MR) is 82.2 cm³/mol. The van der Waals surface area contributed by atoms with Crippen LogP contribution in [0.5, 0.6) is 0 Å². The zero-order valence-electron chi connectivity index (χ0n) is 12.9. The summed E-state index contributed by atoms with van der Waals surface area (Å²) in [5.74, 6) is 0.534. The van der Waals surface area contributed by atoms with Crippen LogP contribution in [0.1, 0.15) is 45.2 Å². The molecule has 1 fully saturated rings. The van der Waals surface area contributed by atoms with Gasteiger partial charge in [0.2, 0.25) is 0 Å². The van der Waals surface area contributed by atoms with Gasteiger partial charge in [-0.2, -0.15) is 0 Å². The van der Waals surface area contributed by atoms with Gasteiger partial charge >= 0.3 is 0 Å². The van der Waals surface area contributed by atoms with E-state index in [2.05, 4.69) is 31.4 Å². The first-order valence-corrected chi connectivity index (χ1v) is 7.66. The van der Waals surface area contributed by atoms with Crippen molar-refractivity contribution in [2.24, 2.45) is 11.3 Å². The fourth-order valence-corrected chi connectivity index (χ4v) is 2.96. The van der Waals surface area contributed by atoms with Gasteiger partial charge in [0, 0.05) is 6.04 Å². The van der Waals surface area contributed by atoms with Crippen molar-refractivity contribution >= 4 is 0 Å². The van der Waals surface area contributed by atoms with Gasteiger partial charge in [0.25, 0.3) is 0 Å². The van der Waals surface area contributed by atoms with Gasteiger partial charge in [0.15, 0.2) is 0 Å². The highest BCUT2D eigenvalue weighted by atomic mass is 19.1. The molecule has 1 aliphatic heterocycles. The normalized spacial score (nSPS) is 21.7. The summed E-state index contributed by atoms with van der Waals surface area (Å²) < 4.78 is 13.1. The van der Waals surface area contributed by atoms with Crippen molar-refractivity contribution in [2.75, 3.05) is 19.6 Å². The van der Waals surface area contributed by atoms with Crippen molar-refractivity contribution < 1.29 is 4.39 Å². The molecule has 3 heteroatoms. The van der Waals surface area contributed by atoms with Crippen molar-refractivity contribution in [3.05, 3.63) is 35.6 Å². The zero-order valence-corrected chi connectivity index (χ0v) is 12.9. The lowest BCUT2D eigenvalue weighted by atomic mass is 9.82. The molecule has 0 spiro atoms. The van der Waals surface area contributed by atoms with Gasteiger partial charge in [-0.3, -0.25) is 0 Å². The second-order valence-corrected chi connectivity index (χ2v) is 6.97. The van der Waals surface area contributed by atoms with E-state index >= 15 is 0 Å². The average molecular weight is 278 g/mol. The molecule has 2 unspecified atom stereocenters. The minimum Gasteiger partial charge on any atom is -0.316 e. The topological polar surface area (TPSA) is 24.1 Å². The largest absolute Gasteiger partial charge is 0.316 e. The summed E-state index contributed by atoms with van der Waals surface area (Å²) in [6.07, 6.45) is 2.56. The Hall–Kier alpha value is -0.930. The first-order chi connectivity index (χ1) is 9.47. The second-order valence-electron chi connectivity index (χ2n) is 6.97. The first-order valence-electron chi connectivity index (χ1n) is 7.66. The fourth-order valence-electron chi connectivity index (χ4n) is 2.96. The molecular formula is C17H27FN2. The molecule has 1 aromatic rings. The Morgan fingerprint density at radius 2 is 2.00 bits per heavy atom. The summed E-state index contributed by atoms with van der Waals surface area (Å²) in [5, 5.41) is 7.16. The molecule has 1 heterocycles. The summed E-state index contributed by atoms with van der Waals surface area (Å²) >= 11 is 0. The van der Waals surface area contributed by atoms with Gasteiger partial charge in [-0.1, -0.05) is 32.9 Å². The summed E-state index contributed by atoms with van der Waals surface area (Å²) in [6.45, 7) is 9.96. The van der Waals surface area contributed by atoms with Crippen molar-refractivity contribution in [1.82, 2.24) is 10.6 Å². The Balaban J connectivity index is 2.02. The van der Waals surface area contributed by atoms with Crippen LogP contribution in [-0.4, -0.2) is 19.6 Å². The van der Waals surface area contributed by atoms with Gasteiger partial charge in [-0.05, 0) is 61.5 Å². The number of piperidine rings is 1. The lowest BCUT2D eigenvalue weighted by Gasteiger charge is -2.34. The predicted octanol–water partition coefficient (Wildman–Crippen LogP) is 3.50. The van der Waals surface area contributed by atoms with Gasteiger partial charge in [-0.25, -0.2) is 4.39 Å². The summed E-state index contributed by atoms with van der Waals surface area (Å²) in [4.78, 5) is 0. The monoisotopic (exact) mass is 278 g/mol. The van der Waals surface area contributed by atoms with Crippen molar-refractivity contribution in [3.8, 4) is 0 Å². The third-order valence-electron chi connectivity index (χ3n) is 4.08. The third kappa shape index (κ3) is 4.29. The molecule has 0 saturated carbocycles. The Morgan fingerprint density at radius 1 is 1.30 bits per heavy atom. The van der Waals surface area contributed by atoms with Crippen LogP contribution in [0.15, 0.2) is 24.3 Å². The van der Waals surface area contributed by atoms with E-state index in [1.54, 1.807) is 12.1 Å². The fraction of sp³-hybridized carbons (Fsp3) is 0.647. The number of halogens is 1. The maximum atomic E-state index is 13.1. The Kier molecular flexibility index (Phi) is 5.17. The summed E-state index contributed by atoms with van der Waals surface area (Å²) in [6, 6.07) is 7.16. The van der Waals surface area contributed by atoms with Gasteiger partial charge < -0.3 is 10.6 Å². The van der Waals surface area contributed by atoms with E-state index in [9.17, 15) is 4.39 Å². The molecule has 2 N–H and O–H groups in total.